The molecule has 0 spiro atoms. The predicted molar refractivity (Wildman–Crippen MR) is 105 cm³/mol. The van der Waals surface area contributed by atoms with Gasteiger partial charge in [-0.1, -0.05) is 0 Å². The molecule has 4 heterocycles. The molecule has 2 aliphatic rings. The number of rotatable bonds is 4. The molecule has 152 valence electrons. The van der Waals surface area contributed by atoms with Crippen LogP contribution in [0.15, 0.2) is 18.5 Å². The summed E-state index contributed by atoms with van der Waals surface area (Å²) in [5.74, 6) is 0.126. The Hall–Kier alpha value is -2.04. The fraction of sp³-hybridized carbons (Fsp3) is 0.611. The molecule has 28 heavy (non-hydrogen) atoms. The molecule has 10 heteroatoms. The number of aromatic nitrogens is 3. The largest absolute Gasteiger partial charge is 0.355 e. The van der Waals surface area contributed by atoms with Crippen molar-refractivity contribution in [1.82, 2.24) is 29.1 Å². The van der Waals surface area contributed by atoms with Gasteiger partial charge in [0.25, 0.3) is 5.91 Å². The van der Waals surface area contributed by atoms with E-state index in [1.165, 1.54) is 6.26 Å². The van der Waals surface area contributed by atoms with Crippen LogP contribution in [0.5, 0.6) is 0 Å². The van der Waals surface area contributed by atoms with Crippen molar-refractivity contribution >= 4 is 21.6 Å². The highest BCUT2D eigenvalue weighted by Crippen LogP contribution is 2.31. The molecular formula is C18H26N6O3S. The van der Waals surface area contributed by atoms with Gasteiger partial charge in [-0.25, -0.2) is 22.2 Å². The molecular weight excluding hydrogens is 380 g/mol. The molecule has 1 amide bonds. The zero-order valence-corrected chi connectivity index (χ0v) is 17.0. The van der Waals surface area contributed by atoms with Crippen LogP contribution in [0.4, 0.5) is 0 Å². The number of piperidine rings is 1. The second-order valence-electron chi connectivity index (χ2n) is 7.62. The Morgan fingerprint density at radius 1 is 1.21 bits per heavy atom. The highest BCUT2D eigenvalue weighted by Gasteiger charge is 2.34. The minimum atomic E-state index is -3.09. The Kier molecular flexibility index (Phi) is 5.11. The van der Waals surface area contributed by atoms with Gasteiger partial charge >= 0.3 is 0 Å². The number of carbonyl (C=O) groups is 1. The molecule has 2 aliphatic heterocycles. The number of hydrogen-bond acceptors (Lipinski definition) is 6. The Labute approximate surface area is 164 Å². The summed E-state index contributed by atoms with van der Waals surface area (Å²) in [6.07, 6.45) is 7.35. The van der Waals surface area contributed by atoms with E-state index in [9.17, 15) is 13.2 Å². The van der Waals surface area contributed by atoms with Crippen molar-refractivity contribution in [2.45, 2.75) is 31.2 Å². The second-order valence-corrected chi connectivity index (χ2v) is 9.60. The summed E-state index contributed by atoms with van der Waals surface area (Å²) >= 11 is 0. The fourth-order valence-electron chi connectivity index (χ4n) is 4.41. The summed E-state index contributed by atoms with van der Waals surface area (Å²) in [6.45, 7) is 3.09. The SMILES string of the molecule is CNC(=O)c1cnn2c(C3CCN(C4CCN(S(C)(=O)=O)CC4)C3)ccnc12. The Morgan fingerprint density at radius 3 is 2.64 bits per heavy atom. The number of carbonyl (C=O) groups excluding carboxylic acids is 1. The van der Waals surface area contributed by atoms with Crippen molar-refractivity contribution in [3.63, 3.8) is 0 Å². The molecule has 0 aromatic carbocycles. The summed E-state index contributed by atoms with van der Waals surface area (Å²) in [5.41, 5.74) is 2.13. The maximum atomic E-state index is 12.0. The summed E-state index contributed by atoms with van der Waals surface area (Å²) in [7, 11) is -1.50. The Morgan fingerprint density at radius 2 is 1.96 bits per heavy atom. The summed E-state index contributed by atoms with van der Waals surface area (Å²) in [4.78, 5) is 18.8. The maximum absolute atomic E-state index is 12.0. The number of sulfonamides is 1. The monoisotopic (exact) mass is 406 g/mol. The number of likely N-dealkylation sites (tertiary alicyclic amines) is 1. The molecule has 0 saturated carbocycles. The van der Waals surface area contributed by atoms with Crippen molar-refractivity contribution in [2.24, 2.45) is 0 Å². The van der Waals surface area contributed by atoms with Gasteiger partial charge in [-0.3, -0.25) is 9.69 Å². The van der Waals surface area contributed by atoms with E-state index in [1.807, 2.05) is 6.07 Å². The molecule has 2 fully saturated rings. The van der Waals surface area contributed by atoms with Crippen molar-refractivity contribution in [3.05, 3.63) is 29.7 Å². The zero-order chi connectivity index (χ0) is 19.9. The highest BCUT2D eigenvalue weighted by atomic mass is 32.2. The standard InChI is InChI=1S/C18H26N6O3S/c1-19-18(25)15-11-21-24-16(3-7-20-17(15)24)13-4-8-22(12-13)14-5-9-23(10-6-14)28(2,26)27/h3,7,11,13-14H,4-6,8-10,12H2,1-2H3,(H,19,25). The first-order valence-corrected chi connectivity index (χ1v) is 11.5. The van der Waals surface area contributed by atoms with E-state index < -0.39 is 10.0 Å². The van der Waals surface area contributed by atoms with Gasteiger partial charge < -0.3 is 5.32 Å². The zero-order valence-electron chi connectivity index (χ0n) is 16.2. The van der Waals surface area contributed by atoms with Gasteiger partial charge in [0, 0.05) is 44.8 Å². The van der Waals surface area contributed by atoms with E-state index in [0.717, 1.165) is 38.0 Å². The third-order valence-electron chi connectivity index (χ3n) is 5.95. The van der Waals surface area contributed by atoms with Crippen LogP contribution in [0.1, 0.15) is 41.2 Å². The lowest BCUT2D eigenvalue weighted by Crippen LogP contribution is -2.45. The van der Waals surface area contributed by atoms with Crippen molar-refractivity contribution < 1.29 is 13.2 Å². The van der Waals surface area contributed by atoms with E-state index in [4.69, 9.17) is 0 Å². The van der Waals surface area contributed by atoms with Gasteiger partial charge in [0.1, 0.15) is 5.56 Å². The quantitative estimate of drug-likeness (QED) is 0.784. The normalized spacial score (nSPS) is 22.7. The van der Waals surface area contributed by atoms with Crippen molar-refractivity contribution in [3.8, 4) is 0 Å². The van der Waals surface area contributed by atoms with Crippen LogP contribution >= 0.6 is 0 Å². The van der Waals surface area contributed by atoms with Crippen LogP contribution in [0.3, 0.4) is 0 Å². The smallest absolute Gasteiger partial charge is 0.256 e. The number of nitrogens with zero attached hydrogens (tertiary/aromatic N) is 5. The molecule has 9 nitrogen and oxygen atoms in total. The lowest BCUT2D eigenvalue weighted by molar-refractivity contribution is 0.0964. The number of amides is 1. The van der Waals surface area contributed by atoms with E-state index in [-0.39, 0.29) is 5.91 Å². The Bertz CT molecular complexity index is 980. The van der Waals surface area contributed by atoms with E-state index in [1.54, 1.807) is 28.3 Å². The molecule has 0 bridgehead atoms. The van der Waals surface area contributed by atoms with Gasteiger partial charge in [0.15, 0.2) is 5.65 Å². The summed E-state index contributed by atoms with van der Waals surface area (Å²) in [6, 6.07) is 2.40. The van der Waals surface area contributed by atoms with E-state index in [2.05, 4.69) is 20.3 Å². The number of fused-ring (bicyclic) bond motifs is 1. The van der Waals surface area contributed by atoms with E-state index in [0.29, 0.717) is 36.3 Å². The average molecular weight is 407 g/mol. The fourth-order valence-corrected chi connectivity index (χ4v) is 5.29. The third-order valence-corrected chi connectivity index (χ3v) is 7.25. The lowest BCUT2D eigenvalue weighted by atomic mass is 10.0. The van der Waals surface area contributed by atoms with Crippen LogP contribution in [-0.4, -0.2) is 83.7 Å². The topological polar surface area (TPSA) is 99.9 Å². The number of nitrogens with one attached hydrogen (secondary N) is 1. The first-order chi connectivity index (χ1) is 13.4. The van der Waals surface area contributed by atoms with Gasteiger partial charge in [0.05, 0.1) is 18.1 Å². The molecule has 1 unspecified atom stereocenters. The molecule has 2 aromatic heterocycles. The van der Waals surface area contributed by atoms with Crippen molar-refractivity contribution in [2.75, 3.05) is 39.5 Å². The van der Waals surface area contributed by atoms with Crippen LogP contribution < -0.4 is 5.32 Å². The maximum Gasteiger partial charge on any atom is 0.256 e. The first-order valence-electron chi connectivity index (χ1n) is 9.62. The number of hydrogen-bond donors (Lipinski definition) is 1. The third kappa shape index (κ3) is 3.51. The van der Waals surface area contributed by atoms with Gasteiger partial charge in [-0.15, -0.1) is 0 Å². The molecule has 2 saturated heterocycles. The minimum absolute atomic E-state index is 0.190. The molecule has 1 N–H and O–H groups in total. The minimum Gasteiger partial charge on any atom is -0.355 e. The first kappa shape index (κ1) is 19.3. The summed E-state index contributed by atoms with van der Waals surface area (Å²) < 4.78 is 26.8. The molecule has 0 aliphatic carbocycles. The molecule has 0 radical (unpaired) electrons. The molecule has 1 atom stereocenters. The van der Waals surface area contributed by atoms with Crippen molar-refractivity contribution in [1.29, 1.82) is 0 Å². The van der Waals surface area contributed by atoms with Crippen LogP contribution in [0, 0.1) is 0 Å². The van der Waals surface area contributed by atoms with E-state index >= 15 is 0 Å². The van der Waals surface area contributed by atoms with Crippen LogP contribution in [0.2, 0.25) is 0 Å². The highest BCUT2D eigenvalue weighted by molar-refractivity contribution is 7.88. The average Bonchev–Trinajstić information content (AvgIpc) is 3.34. The van der Waals surface area contributed by atoms with Crippen LogP contribution in [-0.2, 0) is 10.0 Å². The lowest BCUT2D eigenvalue weighted by Gasteiger charge is -2.35. The van der Waals surface area contributed by atoms with Gasteiger partial charge in [0.2, 0.25) is 10.0 Å². The molecule has 4 rings (SSSR count). The van der Waals surface area contributed by atoms with Gasteiger partial charge in [-0.05, 0) is 31.9 Å². The second kappa shape index (κ2) is 7.41. The van der Waals surface area contributed by atoms with Gasteiger partial charge in [-0.2, -0.15) is 5.10 Å². The predicted octanol–water partition coefficient (Wildman–Crippen LogP) is 0.302. The summed E-state index contributed by atoms with van der Waals surface area (Å²) in [5, 5.41) is 7.03. The Balaban J connectivity index is 1.48. The van der Waals surface area contributed by atoms with Crippen LogP contribution in [0.25, 0.3) is 5.65 Å². The molecule has 2 aromatic rings.